The molecule has 2 aromatic carbocycles. The van der Waals surface area contributed by atoms with Gasteiger partial charge in [0, 0.05) is 22.9 Å². The largest absolute Gasteiger partial charge is 0.496 e. The second kappa shape index (κ2) is 7.36. The molecule has 0 aliphatic carbocycles. The number of hydrogen-bond donors (Lipinski definition) is 0. The number of methoxy groups -OCH3 is 1. The number of halogens is 1. The van der Waals surface area contributed by atoms with Gasteiger partial charge in [-0.25, -0.2) is 4.98 Å². The van der Waals surface area contributed by atoms with Gasteiger partial charge in [-0.15, -0.1) is 0 Å². The molecule has 0 bridgehead atoms. The lowest BCUT2D eigenvalue weighted by molar-refractivity contribution is -0.131. The van der Waals surface area contributed by atoms with Crippen molar-refractivity contribution in [3.05, 3.63) is 64.8 Å². The fraction of sp³-hybridized carbons (Fsp3) is 0.100. The molecule has 1 aromatic heterocycles. The molecule has 5 heteroatoms. The highest BCUT2D eigenvalue weighted by molar-refractivity contribution is 6.30. The maximum atomic E-state index is 11.3. The Bertz CT molecular complexity index is 966. The minimum atomic E-state index is -0.376. The summed E-state index contributed by atoms with van der Waals surface area (Å²) in [5.41, 5.74) is 2.22. The third kappa shape index (κ3) is 3.98. The fourth-order valence-corrected chi connectivity index (χ4v) is 2.66. The van der Waals surface area contributed by atoms with Crippen LogP contribution in [0.25, 0.3) is 23.1 Å². The van der Waals surface area contributed by atoms with E-state index in [4.69, 9.17) is 21.1 Å². The van der Waals surface area contributed by atoms with Crippen LogP contribution in [0.4, 0.5) is 0 Å². The number of nitrogens with zero attached hydrogens (tertiary/aromatic N) is 1. The normalized spacial score (nSPS) is 11.0. The van der Waals surface area contributed by atoms with Crippen molar-refractivity contribution in [1.29, 1.82) is 0 Å². The Kier molecular flexibility index (Phi) is 5.00. The number of rotatable bonds is 4. The van der Waals surface area contributed by atoms with Crippen molar-refractivity contribution >= 4 is 40.6 Å². The van der Waals surface area contributed by atoms with Gasteiger partial charge in [0.2, 0.25) is 0 Å². The first-order valence-electron chi connectivity index (χ1n) is 7.66. The molecular formula is C20H16ClNO3. The maximum absolute atomic E-state index is 11.3. The molecule has 0 unspecified atom stereocenters. The quantitative estimate of drug-likeness (QED) is 0.489. The fourth-order valence-electron chi connectivity index (χ4n) is 2.48. The van der Waals surface area contributed by atoms with Crippen molar-refractivity contribution < 1.29 is 14.3 Å². The van der Waals surface area contributed by atoms with Crippen LogP contribution in [0.5, 0.6) is 11.5 Å². The average molecular weight is 354 g/mol. The summed E-state index contributed by atoms with van der Waals surface area (Å²) in [4.78, 5) is 15.8. The zero-order valence-corrected chi connectivity index (χ0v) is 14.6. The number of para-hydroxylation sites is 1. The van der Waals surface area contributed by atoms with Crippen molar-refractivity contribution in [1.82, 2.24) is 4.98 Å². The Morgan fingerprint density at radius 1 is 1.08 bits per heavy atom. The summed E-state index contributed by atoms with van der Waals surface area (Å²) in [5.74, 6) is 0.793. The first-order chi connectivity index (χ1) is 12.1. The standard InChI is InChI=1S/C20H16ClNO3/c1-13(23)25-19-5-3-4-14-6-9-17(22-20(14)19)10-7-15-12-16(21)8-11-18(15)24-2/h3-12H,1-2H3/b10-7+. The Hall–Kier alpha value is -2.85. The second-order valence-electron chi connectivity index (χ2n) is 5.38. The van der Waals surface area contributed by atoms with Gasteiger partial charge in [-0.05, 0) is 42.5 Å². The first kappa shape index (κ1) is 17.0. The number of esters is 1. The highest BCUT2D eigenvalue weighted by Gasteiger charge is 2.07. The lowest BCUT2D eigenvalue weighted by Crippen LogP contribution is -2.02. The first-order valence-corrected chi connectivity index (χ1v) is 8.04. The van der Waals surface area contributed by atoms with Crippen LogP contribution in [0, 0.1) is 0 Å². The van der Waals surface area contributed by atoms with Crippen molar-refractivity contribution in [3.8, 4) is 11.5 Å². The summed E-state index contributed by atoms with van der Waals surface area (Å²) >= 11 is 6.05. The lowest BCUT2D eigenvalue weighted by Gasteiger charge is -2.07. The number of carbonyl (C=O) groups is 1. The van der Waals surface area contributed by atoms with E-state index in [-0.39, 0.29) is 5.97 Å². The molecule has 126 valence electrons. The van der Waals surface area contributed by atoms with Gasteiger partial charge in [0.25, 0.3) is 0 Å². The summed E-state index contributed by atoms with van der Waals surface area (Å²) in [6.07, 6.45) is 3.74. The molecule has 3 rings (SSSR count). The zero-order valence-electron chi connectivity index (χ0n) is 13.8. The third-order valence-electron chi connectivity index (χ3n) is 3.58. The zero-order chi connectivity index (χ0) is 17.8. The van der Waals surface area contributed by atoms with E-state index in [2.05, 4.69) is 4.98 Å². The van der Waals surface area contributed by atoms with Crippen LogP contribution in [0.15, 0.2) is 48.5 Å². The Balaban J connectivity index is 1.99. The van der Waals surface area contributed by atoms with Crippen LogP contribution in [0.3, 0.4) is 0 Å². The molecule has 0 saturated carbocycles. The van der Waals surface area contributed by atoms with Crippen molar-refractivity contribution in [3.63, 3.8) is 0 Å². The van der Waals surface area contributed by atoms with E-state index in [1.54, 1.807) is 19.2 Å². The number of pyridine rings is 1. The van der Waals surface area contributed by atoms with E-state index in [1.165, 1.54) is 6.92 Å². The lowest BCUT2D eigenvalue weighted by atomic mass is 10.1. The molecule has 0 saturated heterocycles. The van der Waals surface area contributed by atoms with Crippen LogP contribution >= 0.6 is 11.6 Å². The molecule has 3 aromatic rings. The summed E-state index contributed by atoms with van der Waals surface area (Å²) in [7, 11) is 1.61. The van der Waals surface area contributed by atoms with E-state index < -0.39 is 0 Å². The molecule has 0 N–H and O–H groups in total. The summed E-state index contributed by atoms with van der Waals surface area (Å²) in [6.45, 7) is 1.37. The summed E-state index contributed by atoms with van der Waals surface area (Å²) in [5, 5.41) is 1.53. The number of hydrogen-bond acceptors (Lipinski definition) is 4. The number of aromatic nitrogens is 1. The Morgan fingerprint density at radius 2 is 1.92 bits per heavy atom. The van der Waals surface area contributed by atoms with Crippen LogP contribution in [-0.2, 0) is 4.79 Å². The minimum absolute atomic E-state index is 0.376. The highest BCUT2D eigenvalue weighted by atomic mass is 35.5. The number of fused-ring (bicyclic) bond motifs is 1. The third-order valence-corrected chi connectivity index (χ3v) is 3.82. The van der Waals surface area contributed by atoms with Gasteiger partial charge in [0.15, 0.2) is 5.75 Å². The van der Waals surface area contributed by atoms with Crippen LogP contribution in [0.1, 0.15) is 18.2 Å². The van der Waals surface area contributed by atoms with E-state index in [0.717, 1.165) is 22.4 Å². The van der Waals surface area contributed by atoms with Crippen LogP contribution < -0.4 is 9.47 Å². The molecule has 25 heavy (non-hydrogen) atoms. The van der Waals surface area contributed by atoms with E-state index in [1.807, 2.05) is 48.6 Å². The predicted molar refractivity (Wildman–Crippen MR) is 100.0 cm³/mol. The van der Waals surface area contributed by atoms with Gasteiger partial charge in [-0.1, -0.05) is 29.8 Å². The summed E-state index contributed by atoms with van der Waals surface area (Å²) in [6, 6.07) is 14.7. The molecule has 1 heterocycles. The molecule has 0 spiro atoms. The number of ether oxygens (including phenoxy) is 2. The smallest absolute Gasteiger partial charge is 0.308 e. The monoisotopic (exact) mass is 353 g/mol. The van der Waals surface area contributed by atoms with Crippen LogP contribution in [0.2, 0.25) is 5.02 Å². The van der Waals surface area contributed by atoms with Crippen molar-refractivity contribution in [2.45, 2.75) is 6.92 Å². The highest BCUT2D eigenvalue weighted by Crippen LogP contribution is 2.26. The number of benzene rings is 2. The predicted octanol–water partition coefficient (Wildman–Crippen LogP) is 4.99. The SMILES string of the molecule is COc1ccc(Cl)cc1/C=C/c1ccc2cccc(OC(C)=O)c2n1. The van der Waals surface area contributed by atoms with Gasteiger partial charge < -0.3 is 9.47 Å². The molecule has 0 amide bonds. The van der Waals surface area contributed by atoms with Crippen molar-refractivity contribution in [2.75, 3.05) is 7.11 Å². The minimum Gasteiger partial charge on any atom is -0.496 e. The van der Waals surface area contributed by atoms with E-state index >= 15 is 0 Å². The van der Waals surface area contributed by atoms with Gasteiger partial charge in [-0.3, -0.25) is 4.79 Å². The summed E-state index contributed by atoms with van der Waals surface area (Å²) < 4.78 is 10.6. The molecule has 4 nitrogen and oxygen atoms in total. The van der Waals surface area contributed by atoms with Gasteiger partial charge in [0.05, 0.1) is 12.8 Å². The van der Waals surface area contributed by atoms with E-state index in [0.29, 0.717) is 16.3 Å². The van der Waals surface area contributed by atoms with Crippen LogP contribution in [-0.4, -0.2) is 18.1 Å². The second-order valence-corrected chi connectivity index (χ2v) is 5.81. The Morgan fingerprint density at radius 3 is 2.68 bits per heavy atom. The molecule has 0 atom stereocenters. The Labute approximate surface area is 150 Å². The van der Waals surface area contributed by atoms with Gasteiger partial charge >= 0.3 is 5.97 Å². The molecule has 0 aliphatic heterocycles. The van der Waals surface area contributed by atoms with Gasteiger partial charge in [0.1, 0.15) is 11.3 Å². The topological polar surface area (TPSA) is 48.4 Å². The van der Waals surface area contributed by atoms with Gasteiger partial charge in [-0.2, -0.15) is 0 Å². The average Bonchev–Trinajstić information content (AvgIpc) is 2.60. The molecule has 0 radical (unpaired) electrons. The number of carbonyl (C=O) groups excluding carboxylic acids is 1. The maximum Gasteiger partial charge on any atom is 0.308 e. The molecule has 0 fully saturated rings. The molecular weight excluding hydrogens is 338 g/mol. The molecule has 0 aliphatic rings. The van der Waals surface area contributed by atoms with Crippen molar-refractivity contribution in [2.24, 2.45) is 0 Å². The van der Waals surface area contributed by atoms with E-state index in [9.17, 15) is 4.79 Å².